The van der Waals surface area contributed by atoms with Crippen molar-refractivity contribution in [3.05, 3.63) is 106 Å². The largest absolute Gasteiger partial charge is 0.452 e. The maximum absolute atomic E-state index is 13.6. The molecule has 0 saturated carbocycles. The highest BCUT2D eigenvalue weighted by molar-refractivity contribution is 6.07. The van der Waals surface area contributed by atoms with Crippen LogP contribution in [0.2, 0.25) is 0 Å². The molecule has 1 aliphatic rings. The molecule has 1 atom stereocenters. The molecule has 2 N–H and O–H groups in total. The van der Waals surface area contributed by atoms with E-state index in [0.29, 0.717) is 29.3 Å². The topological polar surface area (TPSA) is 97.4 Å². The summed E-state index contributed by atoms with van der Waals surface area (Å²) >= 11 is 0. The highest BCUT2D eigenvalue weighted by Crippen LogP contribution is 2.39. The number of pyridine rings is 1. The number of benzene rings is 3. The lowest BCUT2D eigenvalue weighted by Crippen LogP contribution is -2.29. The average Bonchev–Trinajstić information content (AvgIpc) is 2.97. The van der Waals surface area contributed by atoms with Gasteiger partial charge in [-0.05, 0) is 66.8 Å². The molecule has 216 valence electrons. The van der Waals surface area contributed by atoms with Crippen molar-refractivity contribution in [2.45, 2.75) is 53.5 Å². The number of fused-ring (bicyclic) bond motifs is 2. The van der Waals surface area contributed by atoms with Gasteiger partial charge in [0.2, 0.25) is 0 Å². The fourth-order valence-electron chi connectivity index (χ4n) is 5.52. The Kier molecular flexibility index (Phi) is 8.39. The van der Waals surface area contributed by atoms with Crippen molar-refractivity contribution >= 4 is 34.4 Å². The van der Waals surface area contributed by atoms with Crippen molar-refractivity contribution < 1.29 is 19.1 Å². The monoisotopic (exact) mass is 563 g/mol. The summed E-state index contributed by atoms with van der Waals surface area (Å²) < 4.78 is 5.59. The lowest BCUT2D eigenvalue weighted by atomic mass is 9.70. The number of para-hydroxylation sites is 2. The van der Waals surface area contributed by atoms with Crippen molar-refractivity contribution in [3.8, 4) is 0 Å². The Balaban J connectivity index is 1.29. The maximum atomic E-state index is 13.6. The van der Waals surface area contributed by atoms with Gasteiger partial charge in [-0.3, -0.25) is 14.6 Å². The number of ether oxygens (including phenoxy) is 1. The lowest BCUT2D eigenvalue weighted by molar-refractivity contribution is -0.119. The molecule has 1 aromatic heterocycles. The molecule has 7 nitrogen and oxygen atoms in total. The van der Waals surface area contributed by atoms with Crippen molar-refractivity contribution in [3.63, 3.8) is 0 Å². The Labute approximate surface area is 246 Å². The van der Waals surface area contributed by atoms with Crippen molar-refractivity contribution in [1.82, 2.24) is 10.3 Å². The second-order valence-corrected chi connectivity index (χ2v) is 12.1. The first kappa shape index (κ1) is 29.0. The van der Waals surface area contributed by atoms with E-state index in [1.165, 1.54) is 0 Å². The van der Waals surface area contributed by atoms with Gasteiger partial charge >= 0.3 is 5.97 Å². The number of nitrogens with one attached hydrogen (secondary N) is 2. The summed E-state index contributed by atoms with van der Waals surface area (Å²) in [7, 11) is 0. The SMILES string of the molecule is Cc1ccc(CNC(=O)c2ccccc2NC(=O)COC(=O)c2c3c(nc4ccccc24)CC[C@@H](C(C)(C)C)C3)cc1. The smallest absolute Gasteiger partial charge is 0.339 e. The van der Waals surface area contributed by atoms with E-state index in [0.717, 1.165) is 52.5 Å². The Morgan fingerprint density at radius 1 is 0.952 bits per heavy atom. The maximum Gasteiger partial charge on any atom is 0.339 e. The van der Waals surface area contributed by atoms with E-state index in [-0.39, 0.29) is 11.3 Å². The van der Waals surface area contributed by atoms with Crippen LogP contribution in [0.1, 0.15) is 70.3 Å². The summed E-state index contributed by atoms with van der Waals surface area (Å²) in [4.78, 5) is 44.3. The van der Waals surface area contributed by atoms with Crippen molar-refractivity contribution in [1.29, 1.82) is 0 Å². The minimum absolute atomic E-state index is 0.0875. The Hall–Kier alpha value is -4.52. The Morgan fingerprint density at radius 3 is 2.43 bits per heavy atom. The van der Waals surface area contributed by atoms with E-state index in [1.807, 2.05) is 55.5 Å². The van der Waals surface area contributed by atoms with Gasteiger partial charge in [0.15, 0.2) is 6.61 Å². The number of hydrogen-bond acceptors (Lipinski definition) is 5. The Morgan fingerprint density at radius 2 is 1.67 bits per heavy atom. The van der Waals surface area contributed by atoms with Gasteiger partial charge in [0.25, 0.3) is 11.8 Å². The Bertz CT molecular complexity index is 1640. The van der Waals surface area contributed by atoms with Crippen LogP contribution >= 0.6 is 0 Å². The first-order chi connectivity index (χ1) is 20.1. The van der Waals surface area contributed by atoms with Gasteiger partial charge < -0.3 is 15.4 Å². The highest BCUT2D eigenvalue weighted by Gasteiger charge is 2.33. The summed E-state index contributed by atoms with van der Waals surface area (Å²) in [5.41, 5.74) is 5.96. The van der Waals surface area contributed by atoms with Crippen molar-refractivity contribution in [2.75, 3.05) is 11.9 Å². The molecule has 3 aromatic carbocycles. The van der Waals surface area contributed by atoms with E-state index in [9.17, 15) is 14.4 Å². The highest BCUT2D eigenvalue weighted by atomic mass is 16.5. The summed E-state index contributed by atoms with van der Waals surface area (Å²) in [6, 6.07) is 22.2. The van der Waals surface area contributed by atoms with E-state index >= 15 is 0 Å². The quantitative estimate of drug-likeness (QED) is 0.253. The number of aromatic nitrogens is 1. The summed E-state index contributed by atoms with van der Waals surface area (Å²) in [5, 5.41) is 6.37. The van der Waals surface area contributed by atoms with Crippen LogP contribution in [-0.2, 0) is 28.9 Å². The third-order valence-corrected chi connectivity index (χ3v) is 8.04. The number of anilines is 1. The van der Waals surface area contributed by atoms with Gasteiger partial charge in [-0.1, -0.05) is 80.9 Å². The predicted molar refractivity (Wildman–Crippen MR) is 164 cm³/mol. The first-order valence-electron chi connectivity index (χ1n) is 14.4. The van der Waals surface area contributed by atoms with Gasteiger partial charge in [0.1, 0.15) is 0 Å². The number of hydrogen-bond donors (Lipinski definition) is 2. The minimum atomic E-state index is -0.543. The standard InChI is InChI=1S/C35H37N3O4/c1-22-13-15-23(16-14-22)20-36-33(40)26-10-6-8-12-29(26)38-31(39)21-42-34(41)32-25-9-5-7-11-28(25)37-30-18-17-24(19-27(30)32)35(2,3)4/h5-16,24H,17-21H2,1-4H3,(H,36,40)(H,38,39)/t24-/m1/s1. The van der Waals surface area contributed by atoms with Gasteiger partial charge in [0, 0.05) is 17.6 Å². The molecule has 2 amide bonds. The number of carbonyl (C=O) groups is 3. The van der Waals surface area contributed by atoms with E-state index in [4.69, 9.17) is 9.72 Å². The van der Waals surface area contributed by atoms with Gasteiger partial charge in [-0.2, -0.15) is 0 Å². The zero-order chi connectivity index (χ0) is 29.9. The summed E-state index contributed by atoms with van der Waals surface area (Å²) in [6.45, 7) is 8.56. The normalized spacial score (nSPS) is 14.6. The molecule has 0 saturated heterocycles. The third kappa shape index (κ3) is 6.51. The summed E-state index contributed by atoms with van der Waals surface area (Å²) in [5.74, 6) is -0.983. The fraction of sp³-hybridized carbons (Fsp3) is 0.314. The number of nitrogens with zero attached hydrogens (tertiary/aromatic N) is 1. The lowest BCUT2D eigenvalue weighted by Gasteiger charge is -2.35. The van der Waals surface area contributed by atoms with Crippen LogP contribution < -0.4 is 10.6 Å². The number of carbonyl (C=O) groups excluding carboxylic acids is 3. The molecule has 0 fully saturated rings. The molecule has 0 bridgehead atoms. The van der Waals surface area contributed by atoms with Crippen LogP contribution in [0.3, 0.4) is 0 Å². The second kappa shape index (κ2) is 12.1. The second-order valence-electron chi connectivity index (χ2n) is 12.1. The number of aryl methyl sites for hydroxylation is 2. The van der Waals surface area contributed by atoms with E-state index in [2.05, 4.69) is 31.4 Å². The molecular weight excluding hydrogens is 526 g/mol. The fourth-order valence-corrected chi connectivity index (χ4v) is 5.52. The molecule has 0 radical (unpaired) electrons. The van der Waals surface area contributed by atoms with Gasteiger partial charge in [-0.25, -0.2) is 4.79 Å². The molecular formula is C35H37N3O4. The molecule has 7 heteroatoms. The first-order valence-corrected chi connectivity index (χ1v) is 14.4. The van der Waals surface area contributed by atoms with Crippen LogP contribution in [0.5, 0.6) is 0 Å². The average molecular weight is 564 g/mol. The number of amides is 2. The van der Waals surface area contributed by atoms with Gasteiger partial charge in [-0.15, -0.1) is 0 Å². The predicted octanol–water partition coefficient (Wildman–Crippen LogP) is 6.42. The summed E-state index contributed by atoms with van der Waals surface area (Å²) in [6.07, 6.45) is 2.54. The van der Waals surface area contributed by atoms with Crippen LogP contribution in [0.15, 0.2) is 72.8 Å². The zero-order valence-corrected chi connectivity index (χ0v) is 24.6. The molecule has 4 aromatic rings. The molecule has 1 aliphatic carbocycles. The number of esters is 1. The molecule has 0 spiro atoms. The molecule has 0 unspecified atom stereocenters. The van der Waals surface area contributed by atoms with Crippen LogP contribution in [0.4, 0.5) is 5.69 Å². The van der Waals surface area contributed by atoms with Gasteiger partial charge in [0.05, 0.1) is 22.3 Å². The van der Waals surface area contributed by atoms with E-state index < -0.39 is 18.5 Å². The molecule has 42 heavy (non-hydrogen) atoms. The third-order valence-electron chi connectivity index (χ3n) is 8.04. The van der Waals surface area contributed by atoms with Crippen LogP contribution in [0.25, 0.3) is 10.9 Å². The van der Waals surface area contributed by atoms with Crippen LogP contribution in [-0.4, -0.2) is 29.4 Å². The van der Waals surface area contributed by atoms with E-state index in [1.54, 1.807) is 24.3 Å². The van der Waals surface area contributed by atoms with Crippen LogP contribution in [0, 0.1) is 18.3 Å². The van der Waals surface area contributed by atoms with Crippen molar-refractivity contribution in [2.24, 2.45) is 11.3 Å². The molecule has 1 heterocycles. The zero-order valence-electron chi connectivity index (χ0n) is 24.6. The number of rotatable bonds is 7. The molecule has 0 aliphatic heterocycles. The minimum Gasteiger partial charge on any atom is -0.452 e. The molecule has 5 rings (SSSR count).